The minimum Gasteiger partial charge on any atom is -0.462 e. The highest BCUT2D eigenvalue weighted by Gasteiger charge is 2.07. The highest BCUT2D eigenvalue weighted by atomic mass is 19.3. The summed E-state index contributed by atoms with van der Waals surface area (Å²) in [5.41, 5.74) is 0.266. The van der Waals surface area contributed by atoms with Crippen molar-refractivity contribution in [2.24, 2.45) is 0 Å². The van der Waals surface area contributed by atoms with E-state index in [9.17, 15) is 13.6 Å². The maximum Gasteiger partial charge on any atom is 0.387 e. The van der Waals surface area contributed by atoms with E-state index in [4.69, 9.17) is 4.42 Å². The second-order valence-corrected chi connectivity index (χ2v) is 4.05. The largest absolute Gasteiger partial charge is 0.462 e. The number of rotatable bonds is 5. The molecule has 2 rings (SSSR count). The van der Waals surface area contributed by atoms with E-state index < -0.39 is 6.61 Å². The van der Waals surface area contributed by atoms with Gasteiger partial charge in [0.1, 0.15) is 17.3 Å². The molecular weight excluding hydrogens is 266 g/mol. The van der Waals surface area contributed by atoms with E-state index in [1.54, 1.807) is 19.1 Å². The third-order valence-corrected chi connectivity index (χ3v) is 2.50. The molecule has 1 heterocycles. The lowest BCUT2D eigenvalue weighted by Gasteiger charge is -2.04. The molecule has 1 aromatic heterocycles. The summed E-state index contributed by atoms with van der Waals surface area (Å²) in [4.78, 5) is 11.9. The van der Waals surface area contributed by atoms with Crippen LogP contribution in [-0.2, 0) is 0 Å². The van der Waals surface area contributed by atoms with Crippen LogP contribution < -0.4 is 4.74 Å². The Morgan fingerprint density at radius 3 is 2.75 bits per heavy atom. The van der Waals surface area contributed by atoms with Crippen molar-refractivity contribution in [3.63, 3.8) is 0 Å². The molecule has 0 spiro atoms. The van der Waals surface area contributed by atoms with Gasteiger partial charge in [-0.05, 0) is 43.3 Å². The number of ketones is 1. The number of allylic oxidation sites excluding steroid dienone is 1. The molecule has 0 aliphatic carbocycles. The molecule has 0 saturated heterocycles. The zero-order valence-electron chi connectivity index (χ0n) is 10.7. The monoisotopic (exact) mass is 278 g/mol. The van der Waals surface area contributed by atoms with Gasteiger partial charge in [-0.2, -0.15) is 8.78 Å². The van der Waals surface area contributed by atoms with E-state index in [0.29, 0.717) is 5.76 Å². The summed E-state index contributed by atoms with van der Waals surface area (Å²) in [6.45, 7) is -1.12. The third kappa shape index (κ3) is 3.78. The smallest absolute Gasteiger partial charge is 0.387 e. The average molecular weight is 278 g/mol. The number of benzene rings is 1. The Hall–Kier alpha value is -2.43. The molecule has 0 fully saturated rings. The Morgan fingerprint density at radius 1 is 1.30 bits per heavy atom. The fourth-order valence-corrected chi connectivity index (χ4v) is 1.62. The number of halogens is 2. The first-order chi connectivity index (χ1) is 9.54. The SMILES string of the molecule is Cc1ccc(/C=C/C(=O)c2cccc(OC(F)F)c2)o1. The number of furan rings is 1. The Morgan fingerprint density at radius 2 is 2.10 bits per heavy atom. The van der Waals surface area contributed by atoms with Gasteiger partial charge >= 0.3 is 6.61 Å². The molecule has 104 valence electrons. The van der Waals surface area contributed by atoms with Gasteiger partial charge in [-0.25, -0.2) is 0 Å². The molecule has 0 aliphatic rings. The Bertz CT molecular complexity index is 630. The van der Waals surface area contributed by atoms with Crippen LogP contribution in [0.15, 0.2) is 46.9 Å². The molecule has 2 aromatic rings. The number of ether oxygens (including phenoxy) is 1. The van der Waals surface area contributed by atoms with Crippen LogP contribution in [0.25, 0.3) is 6.08 Å². The predicted molar refractivity (Wildman–Crippen MR) is 69.9 cm³/mol. The molecule has 0 saturated carbocycles. The van der Waals surface area contributed by atoms with Crippen LogP contribution in [0.1, 0.15) is 21.9 Å². The van der Waals surface area contributed by atoms with Crippen molar-refractivity contribution in [3.05, 3.63) is 59.6 Å². The maximum atomic E-state index is 12.1. The Labute approximate surface area is 114 Å². The highest BCUT2D eigenvalue weighted by Crippen LogP contribution is 2.17. The topological polar surface area (TPSA) is 39.4 Å². The lowest BCUT2D eigenvalue weighted by atomic mass is 10.1. The minimum absolute atomic E-state index is 0.0481. The van der Waals surface area contributed by atoms with Gasteiger partial charge in [-0.1, -0.05) is 12.1 Å². The zero-order valence-corrected chi connectivity index (χ0v) is 10.7. The first kappa shape index (κ1) is 14.0. The summed E-state index contributed by atoms with van der Waals surface area (Å²) in [5, 5.41) is 0. The summed E-state index contributed by atoms with van der Waals surface area (Å²) in [6.07, 6.45) is 2.84. The summed E-state index contributed by atoms with van der Waals surface area (Å²) < 4.78 is 33.7. The molecule has 0 N–H and O–H groups in total. The molecule has 1 aromatic carbocycles. The fourth-order valence-electron chi connectivity index (χ4n) is 1.62. The van der Waals surface area contributed by atoms with Crippen molar-refractivity contribution in [2.45, 2.75) is 13.5 Å². The first-order valence-electron chi connectivity index (χ1n) is 5.88. The summed E-state index contributed by atoms with van der Waals surface area (Å²) in [6, 6.07) is 9.15. The summed E-state index contributed by atoms with van der Waals surface area (Å²) in [7, 11) is 0. The van der Waals surface area contributed by atoms with Crippen LogP contribution in [0.4, 0.5) is 8.78 Å². The molecule has 0 unspecified atom stereocenters. The average Bonchev–Trinajstić information content (AvgIpc) is 2.81. The van der Waals surface area contributed by atoms with Crippen LogP contribution in [0.5, 0.6) is 5.75 Å². The molecule has 3 nitrogen and oxygen atoms in total. The van der Waals surface area contributed by atoms with Crippen molar-refractivity contribution >= 4 is 11.9 Å². The van der Waals surface area contributed by atoms with Gasteiger partial charge in [0.2, 0.25) is 0 Å². The number of carbonyl (C=O) groups excluding carboxylic acids is 1. The van der Waals surface area contributed by atoms with Gasteiger partial charge in [0, 0.05) is 5.56 Å². The van der Waals surface area contributed by atoms with Crippen LogP contribution >= 0.6 is 0 Å². The molecule has 0 bridgehead atoms. The summed E-state index contributed by atoms with van der Waals surface area (Å²) in [5.74, 6) is 0.923. The van der Waals surface area contributed by atoms with Gasteiger partial charge in [-0.15, -0.1) is 0 Å². The van der Waals surface area contributed by atoms with E-state index in [-0.39, 0.29) is 17.1 Å². The minimum atomic E-state index is -2.91. The molecular formula is C15H12F2O3. The zero-order chi connectivity index (χ0) is 14.5. The van der Waals surface area contributed by atoms with E-state index in [0.717, 1.165) is 5.76 Å². The molecule has 20 heavy (non-hydrogen) atoms. The lowest BCUT2D eigenvalue weighted by molar-refractivity contribution is -0.0498. The van der Waals surface area contributed by atoms with E-state index in [1.807, 2.05) is 0 Å². The van der Waals surface area contributed by atoms with Crippen LogP contribution in [0.3, 0.4) is 0 Å². The molecule has 0 aliphatic heterocycles. The van der Waals surface area contributed by atoms with Gasteiger partial charge in [0.05, 0.1) is 0 Å². The number of hydrogen-bond donors (Lipinski definition) is 0. The van der Waals surface area contributed by atoms with Crippen molar-refractivity contribution in [2.75, 3.05) is 0 Å². The van der Waals surface area contributed by atoms with Crippen molar-refractivity contribution < 1.29 is 22.7 Å². The fraction of sp³-hybridized carbons (Fsp3) is 0.133. The van der Waals surface area contributed by atoms with E-state index >= 15 is 0 Å². The Balaban J connectivity index is 2.10. The van der Waals surface area contributed by atoms with Crippen molar-refractivity contribution in [1.29, 1.82) is 0 Å². The van der Waals surface area contributed by atoms with E-state index in [1.165, 1.54) is 36.4 Å². The molecule has 0 atom stereocenters. The molecule has 0 amide bonds. The second-order valence-electron chi connectivity index (χ2n) is 4.05. The quantitative estimate of drug-likeness (QED) is 0.611. The van der Waals surface area contributed by atoms with Crippen LogP contribution in [0.2, 0.25) is 0 Å². The highest BCUT2D eigenvalue weighted by molar-refractivity contribution is 6.06. The second kappa shape index (κ2) is 6.14. The molecule has 5 heteroatoms. The van der Waals surface area contributed by atoms with Crippen LogP contribution in [0, 0.1) is 6.92 Å². The maximum absolute atomic E-state index is 12.1. The first-order valence-corrected chi connectivity index (χ1v) is 5.88. The summed E-state index contributed by atoms with van der Waals surface area (Å²) >= 11 is 0. The van der Waals surface area contributed by atoms with Crippen LogP contribution in [-0.4, -0.2) is 12.4 Å². The predicted octanol–water partition coefficient (Wildman–Crippen LogP) is 4.09. The lowest BCUT2D eigenvalue weighted by Crippen LogP contribution is -2.03. The number of aryl methyl sites for hydroxylation is 1. The Kier molecular flexibility index (Phi) is 4.30. The van der Waals surface area contributed by atoms with Crippen molar-refractivity contribution in [1.82, 2.24) is 0 Å². The normalized spacial score (nSPS) is 11.2. The number of alkyl halides is 2. The van der Waals surface area contributed by atoms with Gasteiger partial charge in [-0.3, -0.25) is 4.79 Å². The standard InChI is InChI=1S/C15H12F2O3/c1-10-5-6-12(19-10)7-8-14(18)11-3-2-4-13(9-11)20-15(16)17/h2-9,15H,1H3/b8-7+. The van der Waals surface area contributed by atoms with Crippen molar-refractivity contribution in [3.8, 4) is 5.75 Å². The van der Waals surface area contributed by atoms with Gasteiger partial charge in [0.15, 0.2) is 5.78 Å². The van der Waals surface area contributed by atoms with Gasteiger partial charge < -0.3 is 9.15 Å². The third-order valence-electron chi connectivity index (χ3n) is 2.50. The number of hydrogen-bond acceptors (Lipinski definition) is 3. The van der Waals surface area contributed by atoms with Gasteiger partial charge in [0.25, 0.3) is 0 Å². The van der Waals surface area contributed by atoms with E-state index in [2.05, 4.69) is 4.74 Å². The molecule has 0 radical (unpaired) electrons. The number of carbonyl (C=O) groups is 1.